The summed E-state index contributed by atoms with van der Waals surface area (Å²) < 4.78 is 13.2. The average Bonchev–Trinajstić information content (AvgIpc) is 2.71. The summed E-state index contributed by atoms with van der Waals surface area (Å²) in [6.07, 6.45) is 4.38. The van der Waals surface area contributed by atoms with Crippen LogP contribution in [0.25, 0.3) is 6.08 Å². The van der Waals surface area contributed by atoms with Gasteiger partial charge in [0.15, 0.2) is 0 Å². The third-order valence-corrected chi connectivity index (χ3v) is 4.75. The minimum atomic E-state index is -0.327. The van der Waals surface area contributed by atoms with Gasteiger partial charge in [-0.3, -0.25) is 9.59 Å². The Morgan fingerprint density at radius 3 is 2.52 bits per heavy atom. The molecule has 27 heavy (non-hydrogen) atoms. The maximum atomic E-state index is 13.2. The van der Waals surface area contributed by atoms with E-state index in [9.17, 15) is 14.0 Å². The number of amides is 2. The van der Waals surface area contributed by atoms with Crippen molar-refractivity contribution in [2.45, 2.75) is 19.4 Å². The lowest BCUT2D eigenvalue weighted by atomic mass is 9.95. The Kier molecular flexibility index (Phi) is 6.36. The van der Waals surface area contributed by atoms with Crippen molar-refractivity contribution in [2.24, 2.45) is 5.92 Å². The Bertz CT molecular complexity index is 812. The van der Waals surface area contributed by atoms with Crippen molar-refractivity contribution in [2.75, 3.05) is 13.1 Å². The van der Waals surface area contributed by atoms with E-state index in [1.165, 1.54) is 18.2 Å². The number of carbonyl (C=O) groups excluding carboxylic acids is 2. The standard InChI is InChI=1S/C22H23FN2O2/c23-20-8-4-7-17(15-20)9-10-21(26)25-13-11-19(12-14-25)22(27)24-16-18-5-2-1-3-6-18/h1-10,15,19H,11-14,16H2,(H,24,27). The number of rotatable bonds is 5. The second-order valence-electron chi connectivity index (χ2n) is 6.69. The van der Waals surface area contributed by atoms with Gasteiger partial charge in [-0.05, 0) is 42.2 Å². The fraction of sp³-hybridized carbons (Fsp3) is 0.273. The Morgan fingerprint density at radius 2 is 1.81 bits per heavy atom. The minimum absolute atomic E-state index is 0.0428. The number of piperidine rings is 1. The molecule has 1 heterocycles. The van der Waals surface area contributed by atoms with Gasteiger partial charge in [-0.15, -0.1) is 0 Å². The summed E-state index contributed by atoms with van der Waals surface area (Å²) in [7, 11) is 0. The van der Waals surface area contributed by atoms with Gasteiger partial charge in [0.25, 0.3) is 0 Å². The number of nitrogens with zero attached hydrogens (tertiary/aromatic N) is 1. The summed E-state index contributed by atoms with van der Waals surface area (Å²) in [6, 6.07) is 15.9. The van der Waals surface area contributed by atoms with E-state index in [0.29, 0.717) is 38.0 Å². The molecule has 1 fully saturated rings. The quantitative estimate of drug-likeness (QED) is 0.825. The number of halogens is 1. The molecule has 1 saturated heterocycles. The highest BCUT2D eigenvalue weighted by molar-refractivity contribution is 5.92. The first-order valence-electron chi connectivity index (χ1n) is 9.16. The van der Waals surface area contributed by atoms with Crippen LogP contribution in [0.2, 0.25) is 0 Å². The van der Waals surface area contributed by atoms with Crippen LogP contribution in [0, 0.1) is 11.7 Å². The molecule has 2 aromatic carbocycles. The van der Waals surface area contributed by atoms with Crippen LogP contribution in [-0.2, 0) is 16.1 Å². The number of benzene rings is 2. The summed E-state index contributed by atoms with van der Waals surface area (Å²) in [4.78, 5) is 26.3. The van der Waals surface area contributed by atoms with E-state index in [-0.39, 0.29) is 23.5 Å². The normalized spacial score (nSPS) is 15.1. The fourth-order valence-corrected chi connectivity index (χ4v) is 3.17. The summed E-state index contributed by atoms with van der Waals surface area (Å²) in [5, 5.41) is 2.97. The molecular weight excluding hydrogens is 343 g/mol. The van der Waals surface area contributed by atoms with Crippen molar-refractivity contribution >= 4 is 17.9 Å². The Hall–Kier alpha value is -2.95. The third-order valence-electron chi connectivity index (χ3n) is 4.75. The third kappa shape index (κ3) is 5.51. The second-order valence-corrected chi connectivity index (χ2v) is 6.69. The van der Waals surface area contributed by atoms with Crippen LogP contribution in [0.1, 0.15) is 24.0 Å². The summed E-state index contributed by atoms with van der Waals surface area (Å²) in [5.41, 5.74) is 1.72. The number of nitrogens with one attached hydrogen (secondary N) is 1. The maximum absolute atomic E-state index is 13.2. The van der Waals surface area contributed by atoms with Crippen molar-refractivity contribution in [1.29, 1.82) is 0 Å². The highest BCUT2D eigenvalue weighted by atomic mass is 19.1. The summed E-state index contributed by atoms with van der Waals surface area (Å²) in [5.74, 6) is -0.458. The van der Waals surface area contributed by atoms with Gasteiger partial charge in [-0.25, -0.2) is 4.39 Å². The number of likely N-dealkylation sites (tertiary alicyclic amines) is 1. The molecule has 5 heteroatoms. The lowest BCUT2D eigenvalue weighted by molar-refractivity contribution is -0.132. The predicted octanol–water partition coefficient (Wildman–Crippen LogP) is 3.39. The van der Waals surface area contributed by atoms with Crippen molar-refractivity contribution in [3.63, 3.8) is 0 Å². The van der Waals surface area contributed by atoms with E-state index in [2.05, 4.69) is 5.32 Å². The molecule has 3 rings (SSSR count). The lowest BCUT2D eigenvalue weighted by Gasteiger charge is -2.30. The van der Waals surface area contributed by atoms with Gasteiger partial charge < -0.3 is 10.2 Å². The van der Waals surface area contributed by atoms with Crippen molar-refractivity contribution < 1.29 is 14.0 Å². The number of hydrogen-bond acceptors (Lipinski definition) is 2. The van der Waals surface area contributed by atoms with Crippen LogP contribution in [0.15, 0.2) is 60.7 Å². The van der Waals surface area contributed by atoms with Crippen LogP contribution in [0.5, 0.6) is 0 Å². The molecule has 0 bridgehead atoms. The second kappa shape index (κ2) is 9.12. The molecule has 2 amide bonds. The highest BCUT2D eigenvalue weighted by Crippen LogP contribution is 2.18. The topological polar surface area (TPSA) is 49.4 Å². The molecule has 1 N–H and O–H groups in total. The van der Waals surface area contributed by atoms with Crippen molar-refractivity contribution in [3.8, 4) is 0 Å². The largest absolute Gasteiger partial charge is 0.352 e. The first kappa shape index (κ1) is 18.8. The van der Waals surface area contributed by atoms with E-state index < -0.39 is 0 Å². The molecule has 0 atom stereocenters. The fourth-order valence-electron chi connectivity index (χ4n) is 3.17. The Labute approximate surface area is 158 Å². The lowest BCUT2D eigenvalue weighted by Crippen LogP contribution is -2.42. The zero-order valence-electron chi connectivity index (χ0n) is 15.1. The van der Waals surface area contributed by atoms with Gasteiger partial charge >= 0.3 is 0 Å². The molecule has 0 spiro atoms. The van der Waals surface area contributed by atoms with Gasteiger partial charge in [0.1, 0.15) is 5.82 Å². The molecule has 1 aliphatic rings. The van der Waals surface area contributed by atoms with Crippen LogP contribution in [-0.4, -0.2) is 29.8 Å². The molecule has 4 nitrogen and oxygen atoms in total. The van der Waals surface area contributed by atoms with Gasteiger partial charge in [0.2, 0.25) is 11.8 Å². The molecule has 1 aliphatic heterocycles. The number of hydrogen-bond donors (Lipinski definition) is 1. The van der Waals surface area contributed by atoms with E-state index in [4.69, 9.17) is 0 Å². The molecule has 140 valence electrons. The zero-order valence-corrected chi connectivity index (χ0v) is 15.1. The van der Waals surface area contributed by atoms with Gasteiger partial charge in [-0.2, -0.15) is 0 Å². The van der Waals surface area contributed by atoms with E-state index in [1.807, 2.05) is 30.3 Å². The first-order valence-corrected chi connectivity index (χ1v) is 9.16. The van der Waals surface area contributed by atoms with E-state index in [0.717, 1.165) is 5.56 Å². The first-order chi connectivity index (χ1) is 13.1. The minimum Gasteiger partial charge on any atom is -0.352 e. The molecule has 0 aliphatic carbocycles. The monoisotopic (exact) mass is 366 g/mol. The van der Waals surface area contributed by atoms with Crippen LogP contribution in [0.4, 0.5) is 4.39 Å². The molecule has 0 aromatic heterocycles. The predicted molar refractivity (Wildman–Crippen MR) is 103 cm³/mol. The highest BCUT2D eigenvalue weighted by Gasteiger charge is 2.26. The van der Waals surface area contributed by atoms with Crippen molar-refractivity contribution in [1.82, 2.24) is 10.2 Å². The van der Waals surface area contributed by atoms with Crippen LogP contribution in [0.3, 0.4) is 0 Å². The van der Waals surface area contributed by atoms with E-state index in [1.54, 1.807) is 23.1 Å². The zero-order chi connectivity index (χ0) is 19.1. The smallest absolute Gasteiger partial charge is 0.246 e. The Morgan fingerprint density at radius 1 is 1.07 bits per heavy atom. The van der Waals surface area contributed by atoms with Gasteiger partial charge in [0, 0.05) is 31.6 Å². The summed E-state index contributed by atoms with van der Waals surface area (Å²) >= 11 is 0. The van der Waals surface area contributed by atoms with E-state index >= 15 is 0 Å². The molecule has 0 saturated carbocycles. The SMILES string of the molecule is O=C(NCc1ccccc1)C1CCN(C(=O)C=Cc2cccc(F)c2)CC1. The summed E-state index contributed by atoms with van der Waals surface area (Å²) in [6.45, 7) is 1.63. The molecule has 2 aromatic rings. The molecule has 0 unspecified atom stereocenters. The van der Waals surface area contributed by atoms with Gasteiger partial charge in [-0.1, -0.05) is 42.5 Å². The van der Waals surface area contributed by atoms with Crippen molar-refractivity contribution in [3.05, 3.63) is 77.6 Å². The van der Waals surface area contributed by atoms with Gasteiger partial charge in [0.05, 0.1) is 0 Å². The van der Waals surface area contributed by atoms with Crippen LogP contribution >= 0.6 is 0 Å². The Balaban J connectivity index is 1.45. The van der Waals surface area contributed by atoms with Crippen LogP contribution < -0.4 is 5.32 Å². The maximum Gasteiger partial charge on any atom is 0.246 e. The number of carbonyl (C=O) groups is 2. The molecular formula is C22H23FN2O2. The average molecular weight is 366 g/mol. The molecule has 0 radical (unpaired) electrons.